The molecule has 2 N–H and O–H groups in total. The molecule has 4 rings (SSSR count). The highest BCUT2D eigenvalue weighted by Gasteiger charge is 2.45. The van der Waals surface area contributed by atoms with Gasteiger partial charge in [0, 0.05) is 24.7 Å². The summed E-state index contributed by atoms with van der Waals surface area (Å²) in [6.07, 6.45) is 5.60. The SMILES string of the molecule is COc1ccccc1CN(C(=O)[C@H]1CC2(CCNCC2)CN1)C1CC1. The molecule has 2 saturated heterocycles. The highest BCUT2D eigenvalue weighted by Crippen LogP contribution is 2.39. The van der Waals surface area contributed by atoms with Gasteiger partial charge in [-0.25, -0.2) is 0 Å². The van der Waals surface area contributed by atoms with Crippen LogP contribution in [-0.2, 0) is 11.3 Å². The minimum absolute atomic E-state index is 0.0200. The summed E-state index contributed by atoms with van der Waals surface area (Å²) in [5.41, 5.74) is 1.42. The molecule has 3 aliphatic rings. The van der Waals surface area contributed by atoms with Gasteiger partial charge in [0.2, 0.25) is 5.91 Å². The lowest BCUT2D eigenvalue weighted by Crippen LogP contribution is -2.44. The van der Waals surface area contributed by atoms with E-state index in [1.54, 1.807) is 7.11 Å². The molecule has 2 heterocycles. The van der Waals surface area contributed by atoms with Gasteiger partial charge in [-0.2, -0.15) is 0 Å². The van der Waals surface area contributed by atoms with E-state index in [0.717, 1.165) is 50.2 Å². The highest BCUT2D eigenvalue weighted by atomic mass is 16.5. The van der Waals surface area contributed by atoms with E-state index < -0.39 is 0 Å². The molecule has 1 spiro atoms. The molecule has 25 heavy (non-hydrogen) atoms. The van der Waals surface area contributed by atoms with Crippen molar-refractivity contribution in [2.24, 2.45) is 5.41 Å². The monoisotopic (exact) mass is 343 g/mol. The summed E-state index contributed by atoms with van der Waals surface area (Å²) in [5, 5.41) is 6.98. The van der Waals surface area contributed by atoms with Crippen LogP contribution in [0.3, 0.4) is 0 Å². The molecule has 1 atom stereocenters. The van der Waals surface area contributed by atoms with Crippen molar-refractivity contribution in [3.8, 4) is 5.75 Å². The van der Waals surface area contributed by atoms with E-state index in [2.05, 4.69) is 21.6 Å². The maximum atomic E-state index is 13.3. The fourth-order valence-corrected chi connectivity index (χ4v) is 4.42. The number of amides is 1. The molecule has 1 aromatic rings. The van der Waals surface area contributed by atoms with Gasteiger partial charge in [0.1, 0.15) is 5.75 Å². The Morgan fingerprint density at radius 3 is 2.76 bits per heavy atom. The summed E-state index contributed by atoms with van der Waals surface area (Å²) in [4.78, 5) is 15.4. The van der Waals surface area contributed by atoms with Crippen LogP contribution in [0.1, 0.15) is 37.7 Å². The average Bonchev–Trinajstić information content (AvgIpc) is 3.42. The van der Waals surface area contributed by atoms with E-state index in [1.165, 1.54) is 12.8 Å². The first kappa shape index (κ1) is 16.9. The molecule has 1 aliphatic carbocycles. The lowest BCUT2D eigenvalue weighted by molar-refractivity contribution is -0.134. The largest absolute Gasteiger partial charge is 0.496 e. The van der Waals surface area contributed by atoms with E-state index in [9.17, 15) is 4.79 Å². The van der Waals surface area contributed by atoms with Gasteiger partial charge >= 0.3 is 0 Å². The van der Waals surface area contributed by atoms with Crippen molar-refractivity contribution in [1.82, 2.24) is 15.5 Å². The predicted octanol–water partition coefficient (Wildman–Crippen LogP) is 1.92. The van der Waals surface area contributed by atoms with Crippen LogP contribution in [0.4, 0.5) is 0 Å². The Bertz CT molecular complexity index is 623. The van der Waals surface area contributed by atoms with Crippen LogP contribution in [0.5, 0.6) is 5.75 Å². The molecular formula is C20H29N3O2. The summed E-state index contributed by atoms with van der Waals surface area (Å²) in [6.45, 7) is 3.80. The molecule has 0 bridgehead atoms. The zero-order valence-electron chi connectivity index (χ0n) is 15.1. The molecule has 3 fully saturated rings. The summed E-state index contributed by atoms with van der Waals surface area (Å²) in [6, 6.07) is 8.42. The molecule has 136 valence electrons. The summed E-state index contributed by atoms with van der Waals surface area (Å²) in [7, 11) is 1.70. The third kappa shape index (κ3) is 3.53. The van der Waals surface area contributed by atoms with Crippen molar-refractivity contribution in [1.29, 1.82) is 0 Å². The van der Waals surface area contributed by atoms with Crippen LogP contribution < -0.4 is 15.4 Å². The van der Waals surface area contributed by atoms with Crippen LogP contribution in [-0.4, -0.2) is 49.6 Å². The zero-order chi connectivity index (χ0) is 17.3. The van der Waals surface area contributed by atoms with Crippen LogP contribution in [0, 0.1) is 5.41 Å². The maximum absolute atomic E-state index is 13.3. The maximum Gasteiger partial charge on any atom is 0.240 e. The number of ether oxygens (including phenoxy) is 1. The van der Waals surface area contributed by atoms with E-state index in [0.29, 0.717) is 18.0 Å². The number of carbonyl (C=O) groups excluding carboxylic acids is 1. The third-order valence-electron chi connectivity index (χ3n) is 6.13. The Labute approximate surface area is 150 Å². The number of carbonyl (C=O) groups is 1. The van der Waals surface area contributed by atoms with Gasteiger partial charge in [0.25, 0.3) is 0 Å². The zero-order valence-corrected chi connectivity index (χ0v) is 15.1. The van der Waals surface area contributed by atoms with E-state index >= 15 is 0 Å². The van der Waals surface area contributed by atoms with E-state index in [-0.39, 0.29) is 11.9 Å². The van der Waals surface area contributed by atoms with Crippen molar-refractivity contribution in [3.63, 3.8) is 0 Å². The first-order valence-electron chi connectivity index (χ1n) is 9.57. The molecule has 5 heteroatoms. The van der Waals surface area contributed by atoms with Crippen molar-refractivity contribution in [2.45, 2.75) is 50.7 Å². The number of para-hydroxylation sites is 1. The number of nitrogens with one attached hydrogen (secondary N) is 2. The van der Waals surface area contributed by atoms with E-state index in [1.807, 2.05) is 18.2 Å². The Hall–Kier alpha value is -1.59. The molecule has 1 saturated carbocycles. The number of hydrogen-bond donors (Lipinski definition) is 2. The van der Waals surface area contributed by atoms with Crippen molar-refractivity contribution in [3.05, 3.63) is 29.8 Å². The fraction of sp³-hybridized carbons (Fsp3) is 0.650. The van der Waals surface area contributed by atoms with Crippen molar-refractivity contribution >= 4 is 5.91 Å². The Balaban J connectivity index is 1.47. The molecule has 2 aliphatic heterocycles. The topological polar surface area (TPSA) is 53.6 Å². The van der Waals surface area contributed by atoms with Gasteiger partial charge in [-0.15, -0.1) is 0 Å². The third-order valence-corrected chi connectivity index (χ3v) is 6.13. The normalized spacial score (nSPS) is 25.1. The molecule has 0 aromatic heterocycles. The van der Waals surface area contributed by atoms with Gasteiger partial charge in [0.05, 0.1) is 13.2 Å². The number of piperidine rings is 1. The fourth-order valence-electron chi connectivity index (χ4n) is 4.42. The second-order valence-electron chi connectivity index (χ2n) is 7.90. The van der Waals surface area contributed by atoms with Crippen LogP contribution >= 0.6 is 0 Å². The number of benzene rings is 1. The number of hydrogen-bond acceptors (Lipinski definition) is 4. The second kappa shape index (κ2) is 6.96. The quantitative estimate of drug-likeness (QED) is 0.858. The van der Waals surface area contributed by atoms with Crippen molar-refractivity contribution < 1.29 is 9.53 Å². The number of nitrogens with zero attached hydrogens (tertiary/aromatic N) is 1. The van der Waals surface area contributed by atoms with Crippen LogP contribution in [0.2, 0.25) is 0 Å². The molecule has 0 radical (unpaired) electrons. The smallest absolute Gasteiger partial charge is 0.240 e. The van der Waals surface area contributed by atoms with Gasteiger partial charge in [0.15, 0.2) is 0 Å². The summed E-state index contributed by atoms with van der Waals surface area (Å²) >= 11 is 0. The Morgan fingerprint density at radius 2 is 2.04 bits per heavy atom. The first-order valence-corrected chi connectivity index (χ1v) is 9.57. The predicted molar refractivity (Wildman–Crippen MR) is 97.5 cm³/mol. The number of rotatable bonds is 5. The molecular weight excluding hydrogens is 314 g/mol. The minimum Gasteiger partial charge on any atom is -0.496 e. The molecule has 1 amide bonds. The van der Waals surface area contributed by atoms with Crippen LogP contribution in [0.15, 0.2) is 24.3 Å². The highest BCUT2D eigenvalue weighted by molar-refractivity contribution is 5.83. The first-order chi connectivity index (χ1) is 12.2. The van der Waals surface area contributed by atoms with Crippen molar-refractivity contribution in [2.75, 3.05) is 26.7 Å². The van der Waals surface area contributed by atoms with Gasteiger partial charge < -0.3 is 20.3 Å². The Morgan fingerprint density at radius 1 is 1.28 bits per heavy atom. The second-order valence-corrected chi connectivity index (χ2v) is 7.90. The molecule has 1 aromatic carbocycles. The summed E-state index contributed by atoms with van der Waals surface area (Å²) in [5.74, 6) is 1.15. The lowest BCUT2D eigenvalue weighted by Gasteiger charge is -2.33. The van der Waals surface area contributed by atoms with E-state index in [4.69, 9.17) is 4.74 Å². The average molecular weight is 343 g/mol. The lowest BCUT2D eigenvalue weighted by atomic mass is 9.77. The number of methoxy groups -OCH3 is 1. The minimum atomic E-state index is -0.0200. The summed E-state index contributed by atoms with van der Waals surface area (Å²) < 4.78 is 5.48. The van der Waals surface area contributed by atoms with Gasteiger partial charge in [-0.05, 0) is 56.7 Å². The Kier molecular flexibility index (Phi) is 4.69. The van der Waals surface area contributed by atoms with Gasteiger partial charge in [-0.3, -0.25) is 4.79 Å². The molecule has 5 nitrogen and oxygen atoms in total. The van der Waals surface area contributed by atoms with Crippen LogP contribution in [0.25, 0.3) is 0 Å². The molecule has 0 unspecified atom stereocenters. The standard InChI is InChI=1S/C20H29N3O2/c1-25-18-5-3-2-4-15(18)13-23(16-6-7-16)19(24)17-12-20(14-22-17)8-10-21-11-9-20/h2-5,16-17,21-22H,6-14H2,1H3/t17-/m1/s1. The van der Waals surface area contributed by atoms with Gasteiger partial charge in [-0.1, -0.05) is 18.2 Å².